The number of nitrogens with one attached hydrogen (secondary N) is 2. The highest BCUT2D eigenvalue weighted by Crippen LogP contribution is 2.39. The van der Waals surface area contributed by atoms with E-state index in [4.69, 9.17) is 21.1 Å². The highest BCUT2D eigenvalue weighted by atomic mass is 35.5. The molecule has 1 aliphatic heterocycles. The van der Waals surface area contributed by atoms with Gasteiger partial charge in [-0.1, -0.05) is 18.5 Å². The normalized spacial score (nSPS) is 13.9. The molecule has 124 valence electrons. The zero-order valence-electron chi connectivity index (χ0n) is 13.0. The molecular formula is C16H19ClN2O4. The fourth-order valence-corrected chi connectivity index (χ4v) is 2.26. The average Bonchev–Trinajstić information content (AvgIpc) is 2.99. The fraction of sp³-hybridized carbons (Fsp3) is 0.375. The third-order valence-electron chi connectivity index (χ3n) is 3.18. The van der Waals surface area contributed by atoms with Gasteiger partial charge in [-0.15, -0.1) is 0 Å². The van der Waals surface area contributed by atoms with Crippen molar-refractivity contribution in [1.29, 1.82) is 0 Å². The Morgan fingerprint density at radius 3 is 2.91 bits per heavy atom. The lowest BCUT2D eigenvalue weighted by molar-refractivity contribution is -0.126. The van der Waals surface area contributed by atoms with E-state index in [1.807, 2.05) is 6.92 Å². The summed E-state index contributed by atoms with van der Waals surface area (Å²) >= 11 is 6.07. The van der Waals surface area contributed by atoms with Gasteiger partial charge in [0.15, 0.2) is 11.5 Å². The molecule has 1 aliphatic rings. The molecule has 0 aromatic heterocycles. The quantitative estimate of drug-likeness (QED) is 0.779. The summed E-state index contributed by atoms with van der Waals surface area (Å²) in [5.74, 6) is 0.483. The molecule has 1 atom stereocenters. The number of rotatable bonds is 6. The minimum atomic E-state index is -0.598. The summed E-state index contributed by atoms with van der Waals surface area (Å²) < 4.78 is 10.5. The Kier molecular flexibility index (Phi) is 5.87. The molecule has 7 heteroatoms. The van der Waals surface area contributed by atoms with Crippen LogP contribution < -0.4 is 20.1 Å². The molecule has 0 spiro atoms. The molecule has 2 N–H and O–H groups in total. The number of benzene rings is 1. The fourth-order valence-electron chi connectivity index (χ4n) is 1.98. The van der Waals surface area contributed by atoms with Crippen LogP contribution >= 0.6 is 11.6 Å². The molecule has 6 nitrogen and oxygen atoms in total. The van der Waals surface area contributed by atoms with E-state index in [2.05, 4.69) is 10.6 Å². The average molecular weight is 339 g/mol. The smallest absolute Gasteiger partial charge is 0.244 e. The number of hydrogen-bond donors (Lipinski definition) is 2. The van der Waals surface area contributed by atoms with Crippen LogP contribution in [-0.2, 0) is 9.59 Å². The highest BCUT2D eigenvalue weighted by Gasteiger charge is 2.18. The van der Waals surface area contributed by atoms with Crippen molar-refractivity contribution in [3.8, 4) is 11.5 Å². The molecule has 0 radical (unpaired) electrons. The van der Waals surface area contributed by atoms with Gasteiger partial charge in [-0.3, -0.25) is 9.59 Å². The molecule has 2 amide bonds. The van der Waals surface area contributed by atoms with Gasteiger partial charge in [0.05, 0.1) is 5.02 Å². The lowest BCUT2D eigenvalue weighted by Crippen LogP contribution is -2.44. The van der Waals surface area contributed by atoms with Crippen LogP contribution in [0, 0.1) is 0 Å². The maximum absolute atomic E-state index is 11.9. The molecule has 23 heavy (non-hydrogen) atoms. The molecule has 0 unspecified atom stereocenters. The van der Waals surface area contributed by atoms with Gasteiger partial charge < -0.3 is 20.1 Å². The second-order valence-corrected chi connectivity index (χ2v) is 5.50. The van der Waals surface area contributed by atoms with Crippen LogP contribution in [-0.4, -0.2) is 31.2 Å². The Balaban J connectivity index is 1.94. The van der Waals surface area contributed by atoms with Crippen molar-refractivity contribution in [2.24, 2.45) is 0 Å². The number of ether oxygens (including phenoxy) is 2. The SMILES string of the molecule is CCCNC(=O)[C@H](C)NC(=O)/C=C/c1cc(Cl)c2c(c1)OCO2. The van der Waals surface area contributed by atoms with Gasteiger partial charge in [0.25, 0.3) is 0 Å². The van der Waals surface area contributed by atoms with E-state index in [9.17, 15) is 9.59 Å². The van der Waals surface area contributed by atoms with Crippen molar-refractivity contribution in [3.05, 3.63) is 28.8 Å². The van der Waals surface area contributed by atoms with E-state index in [1.54, 1.807) is 25.1 Å². The minimum absolute atomic E-state index is 0.132. The number of carbonyl (C=O) groups excluding carboxylic acids is 2. The van der Waals surface area contributed by atoms with Crippen LogP contribution in [0.3, 0.4) is 0 Å². The Labute approximate surface area is 139 Å². The number of halogens is 1. The van der Waals surface area contributed by atoms with Gasteiger partial charge in [0.2, 0.25) is 18.6 Å². The van der Waals surface area contributed by atoms with Crippen LogP contribution in [0.25, 0.3) is 6.08 Å². The van der Waals surface area contributed by atoms with Crippen molar-refractivity contribution >= 4 is 29.5 Å². The number of carbonyl (C=O) groups is 2. The largest absolute Gasteiger partial charge is 0.454 e. The van der Waals surface area contributed by atoms with Crippen LogP contribution in [0.4, 0.5) is 0 Å². The lowest BCUT2D eigenvalue weighted by Gasteiger charge is -2.12. The minimum Gasteiger partial charge on any atom is -0.454 e. The summed E-state index contributed by atoms with van der Waals surface area (Å²) in [6, 6.07) is 2.81. The third kappa shape index (κ3) is 4.63. The van der Waals surface area contributed by atoms with Crippen molar-refractivity contribution < 1.29 is 19.1 Å². The van der Waals surface area contributed by atoms with Crippen LogP contribution in [0.2, 0.25) is 5.02 Å². The number of amides is 2. The Morgan fingerprint density at radius 2 is 2.17 bits per heavy atom. The first kappa shape index (κ1) is 17.1. The van der Waals surface area contributed by atoms with Gasteiger partial charge in [0.1, 0.15) is 6.04 Å². The summed E-state index contributed by atoms with van der Waals surface area (Å²) in [7, 11) is 0. The summed E-state index contributed by atoms with van der Waals surface area (Å²) in [5.41, 5.74) is 0.706. The summed E-state index contributed by atoms with van der Waals surface area (Å²) in [6.07, 6.45) is 3.79. The molecule has 1 aromatic rings. The first-order valence-electron chi connectivity index (χ1n) is 7.36. The molecule has 0 bridgehead atoms. The van der Waals surface area contributed by atoms with Crippen molar-refractivity contribution in [1.82, 2.24) is 10.6 Å². The van der Waals surface area contributed by atoms with E-state index >= 15 is 0 Å². The third-order valence-corrected chi connectivity index (χ3v) is 3.46. The first-order chi connectivity index (χ1) is 11.0. The second kappa shape index (κ2) is 7.87. The summed E-state index contributed by atoms with van der Waals surface area (Å²) in [6.45, 7) is 4.31. The topological polar surface area (TPSA) is 76.7 Å². The van der Waals surface area contributed by atoms with Crippen molar-refractivity contribution in [2.75, 3.05) is 13.3 Å². The van der Waals surface area contributed by atoms with Crippen LogP contribution in [0.15, 0.2) is 18.2 Å². The Morgan fingerprint density at radius 1 is 1.39 bits per heavy atom. The molecule has 0 fully saturated rings. The number of hydrogen-bond acceptors (Lipinski definition) is 4. The van der Waals surface area contributed by atoms with Crippen molar-refractivity contribution in [3.63, 3.8) is 0 Å². The predicted octanol–water partition coefficient (Wildman–Crippen LogP) is 2.11. The van der Waals surface area contributed by atoms with Gasteiger partial charge in [-0.2, -0.15) is 0 Å². The molecule has 1 aromatic carbocycles. The van der Waals surface area contributed by atoms with Crippen LogP contribution in [0.1, 0.15) is 25.8 Å². The standard InChI is InChI=1S/C16H19ClN2O4/c1-3-6-18-16(21)10(2)19-14(20)5-4-11-7-12(17)15-13(8-11)22-9-23-15/h4-5,7-8,10H,3,6,9H2,1-2H3,(H,18,21)(H,19,20)/b5-4+/t10-/m0/s1. The van der Waals surface area contributed by atoms with Gasteiger partial charge >= 0.3 is 0 Å². The van der Waals surface area contributed by atoms with Gasteiger partial charge in [-0.25, -0.2) is 0 Å². The first-order valence-corrected chi connectivity index (χ1v) is 7.74. The zero-order chi connectivity index (χ0) is 16.8. The second-order valence-electron chi connectivity index (χ2n) is 5.09. The van der Waals surface area contributed by atoms with E-state index < -0.39 is 6.04 Å². The summed E-state index contributed by atoms with van der Waals surface area (Å²) in [4.78, 5) is 23.5. The lowest BCUT2D eigenvalue weighted by atomic mass is 10.2. The molecule has 0 saturated carbocycles. The monoisotopic (exact) mass is 338 g/mol. The maximum atomic E-state index is 11.9. The van der Waals surface area contributed by atoms with E-state index in [1.165, 1.54) is 6.08 Å². The van der Waals surface area contributed by atoms with Crippen LogP contribution in [0.5, 0.6) is 11.5 Å². The predicted molar refractivity (Wildman–Crippen MR) is 87.5 cm³/mol. The Bertz CT molecular complexity index is 631. The number of fused-ring (bicyclic) bond motifs is 1. The molecule has 2 rings (SSSR count). The molecule has 1 heterocycles. The summed E-state index contributed by atoms with van der Waals surface area (Å²) in [5, 5.41) is 5.74. The van der Waals surface area contributed by atoms with Gasteiger partial charge in [-0.05, 0) is 37.1 Å². The van der Waals surface area contributed by atoms with Gasteiger partial charge in [0, 0.05) is 12.6 Å². The molecule has 0 saturated heterocycles. The molecule has 0 aliphatic carbocycles. The van der Waals surface area contributed by atoms with E-state index in [0.29, 0.717) is 28.6 Å². The van der Waals surface area contributed by atoms with Crippen molar-refractivity contribution in [2.45, 2.75) is 26.3 Å². The Hall–Kier alpha value is -2.21. The maximum Gasteiger partial charge on any atom is 0.244 e. The van der Waals surface area contributed by atoms with E-state index in [-0.39, 0.29) is 18.6 Å². The molecular weight excluding hydrogens is 320 g/mol. The highest BCUT2D eigenvalue weighted by molar-refractivity contribution is 6.32. The zero-order valence-corrected chi connectivity index (χ0v) is 13.8. The van der Waals surface area contributed by atoms with E-state index in [0.717, 1.165) is 6.42 Å².